The average molecular weight is 447 g/mol. The summed E-state index contributed by atoms with van der Waals surface area (Å²) in [6.07, 6.45) is 0. The maximum absolute atomic E-state index is 12.7. The summed E-state index contributed by atoms with van der Waals surface area (Å²) >= 11 is 1.59. The van der Waals surface area contributed by atoms with Crippen molar-refractivity contribution in [1.82, 2.24) is 0 Å². The monoisotopic (exact) mass is 446 g/mol. The Bertz CT molecular complexity index is 1130. The van der Waals surface area contributed by atoms with Crippen molar-refractivity contribution in [1.29, 1.82) is 0 Å². The first kappa shape index (κ1) is 22.0. The number of hydrogen-bond donors (Lipinski definition) is 1. The summed E-state index contributed by atoms with van der Waals surface area (Å²) in [4.78, 5) is 27.3. The molecule has 1 heterocycles. The Morgan fingerprint density at radius 1 is 1.06 bits per heavy atom. The molecule has 1 N–H and O–H groups in total. The van der Waals surface area contributed by atoms with Gasteiger partial charge in [0.05, 0.1) is 12.9 Å². The lowest BCUT2D eigenvalue weighted by Gasteiger charge is -2.25. The number of amides is 2. The molecule has 2 amide bonds. The van der Waals surface area contributed by atoms with Crippen molar-refractivity contribution in [2.75, 3.05) is 23.1 Å². The van der Waals surface area contributed by atoms with E-state index in [1.54, 1.807) is 43.1 Å². The lowest BCUT2D eigenvalue weighted by molar-refractivity contribution is -0.115. The van der Waals surface area contributed by atoms with Gasteiger partial charge < -0.3 is 10.1 Å². The van der Waals surface area contributed by atoms with Crippen LogP contribution in [-0.4, -0.2) is 24.7 Å². The van der Waals surface area contributed by atoms with Crippen molar-refractivity contribution in [2.24, 2.45) is 0 Å². The Balaban J connectivity index is 1.56. The maximum Gasteiger partial charge on any atom is 0.255 e. The van der Waals surface area contributed by atoms with Crippen LogP contribution in [0.4, 0.5) is 11.4 Å². The Morgan fingerprint density at radius 3 is 2.53 bits per heavy atom. The van der Waals surface area contributed by atoms with E-state index in [4.69, 9.17) is 4.74 Å². The number of carbonyl (C=O) groups excluding carboxylic acids is 2. The van der Waals surface area contributed by atoms with Gasteiger partial charge in [-0.2, -0.15) is 0 Å². The normalized spacial score (nSPS) is 15.8. The molecule has 0 radical (unpaired) electrons. The predicted molar refractivity (Wildman–Crippen MR) is 131 cm³/mol. The fourth-order valence-electron chi connectivity index (χ4n) is 3.71. The quantitative estimate of drug-likeness (QED) is 0.516. The molecule has 0 spiro atoms. The van der Waals surface area contributed by atoms with E-state index in [0.717, 1.165) is 11.3 Å². The maximum atomic E-state index is 12.7. The zero-order valence-corrected chi connectivity index (χ0v) is 19.2. The molecule has 4 rings (SSSR count). The highest BCUT2D eigenvalue weighted by molar-refractivity contribution is 8.00. The van der Waals surface area contributed by atoms with Crippen LogP contribution in [0, 0.1) is 0 Å². The van der Waals surface area contributed by atoms with Gasteiger partial charge in [-0.3, -0.25) is 14.5 Å². The molecule has 3 aromatic carbocycles. The summed E-state index contributed by atoms with van der Waals surface area (Å²) in [6, 6.07) is 22.9. The van der Waals surface area contributed by atoms with Gasteiger partial charge in [0.2, 0.25) is 5.91 Å². The van der Waals surface area contributed by atoms with Gasteiger partial charge in [0.25, 0.3) is 5.91 Å². The summed E-state index contributed by atoms with van der Waals surface area (Å²) < 4.78 is 5.21. The molecule has 32 heavy (non-hydrogen) atoms. The van der Waals surface area contributed by atoms with Gasteiger partial charge in [0, 0.05) is 16.9 Å². The first-order chi connectivity index (χ1) is 15.5. The van der Waals surface area contributed by atoms with Crippen LogP contribution in [0.15, 0.2) is 72.8 Å². The molecule has 0 bridgehead atoms. The molecule has 0 saturated carbocycles. The summed E-state index contributed by atoms with van der Waals surface area (Å²) in [5, 5.41) is 2.81. The molecule has 1 aliphatic rings. The largest absolute Gasteiger partial charge is 0.497 e. The fraction of sp³-hybridized carbons (Fsp3) is 0.231. The van der Waals surface area contributed by atoms with Gasteiger partial charge in [0.15, 0.2) is 0 Å². The molecular weight excluding hydrogens is 420 g/mol. The molecule has 1 atom stereocenters. The second-order valence-electron chi connectivity index (χ2n) is 7.98. The van der Waals surface area contributed by atoms with Gasteiger partial charge in [0.1, 0.15) is 11.1 Å². The smallest absolute Gasteiger partial charge is 0.255 e. The first-order valence-corrected chi connectivity index (χ1v) is 11.6. The number of methoxy groups -OCH3 is 1. The van der Waals surface area contributed by atoms with Crippen molar-refractivity contribution in [3.63, 3.8) is 0 Å². The highest BCUT2D eigenvalue weighted by atomic mass is 32.2. The standard InChI is InChI=1S/C26H26N2O3S/c1-17(2)18-10-12-22(13-11-18)28-24(29)16-32-26(28)20-7-4-8-21(14-20)27-25(30)19-6-5-9-23(15-19)31-3/h4-15,17,26H,16H2,1-3H3,(H,27,30)/t26-/m0/s1. The Morgan fingerprint density at radius 2 is 1.81 bits per heavy atom. The lowest BCUT2D eigenvalue weighted by atomic mass is 10.0. The molecule has 1 fully saturated rings. The molecule has 0 unspecified atom stereocenters. The molecule has 5 nitrogen and oxygen atoms in total. The number of ether oxygens (including phenoxy) is 1. The van der Waals surface area contributed by atoms with Crippen LogP contribution in [0.2, 0.25) is 0 Å². The topological polar surface area (TPSA) is 58.6 Å². The summed E-state index contributed by atoms with van der Waals surface area (Å²) in [5.41, 5.74) is 4.31. The predicted octanol–water partition coefficient (Wildman–Crippen LogP) is 5.85. The molecule has 0 aliphatic carbocycles. The molecule has 0 aromatic heterocycles. The number of rotatable bonds is 6. The van der Waals surface area contributed by atoms with E-state index in [0.29, 0.717) is 28.7 Å². The van der Waals surface area contributed by atoms with Crippen LogP contribution in [0.25, 0.3) is 0 Å². The second-order valence-corrected chi connectivity index (χ2v) is 9.05. The SMILES string of the molecule is COc1cccc(C(=O)Nc2cccc([C@@H]3SCC(=O)N3c3ccc(C(C)C)cc3)c2)c1. The number of thioether (sulfide) groups is 1. The second kappa shape index (κ2) is 9.49. The highest BCUT2D eigenvalue weighted by Crippen LogP contribution is 2.42. The van der Waals surface area contributed by atoms with Crippen molar-refractivity contribution in [2.45, 2.75) is 25.1 Å². The number of benzene rings is 3. The summed E-state index contributed by atoms with van der Waals surface area (Å²) in [6.45, 7) is 4.31. The number of anilines is 2. The fourth-order valence-corrected chi connectivity index (χ4v) is 4.87. The van der Waals surface area contributed by atoms with Crippen LogP contribution in [0.5, 0.6) is 5.75 Å². The van der Waals surface area contributed by atoms with E-state index in [-0.39, 0.29) is 17.2 Å². The minimum absolute atomic E-state index is 0.0862. The van der Waals surface area contributed by atoms with Crippen LogP contribution in [0.1, 0.15) is 46.6 Å². The van der Waals surface area contributed by atoms with Gasteiger partial charge in [-0.25, -0.2) is 0 Å². The van der Waals surface area contributed by atoms with Gasteiger partial charge >= 0.3 is 0 Å². The third kappa shape index (κ3) is 4.65. The van der Waals surface area contributed by atoms with E-state index in [1.165, 1.54) is 5.56 Å². The first-order valence-electron chi connectivity index (χ1n) is 10.6. The van der Waals surface area contributed by atoms with E-state index in [2.05, 4.69) is 31.3 Å². The van der Waals surface area contributed by atoms with Crippen molar-refractivity contribution < 1.29 is 14.3 Å². The zero-order chi connectivity index (χ0) is 22.7. The van der Waals surface area contributed by atoms with Crippen molar-refractivity contribution in [3.05, 3.63) is 89.5 Å². The molecule has 164 valence electrons. The third-order valence-corrected chi connectivity index (χ3v) is 6.68. The third-order valence-electron chi connectivity index (χ3n) is 5.47. The van der Waals surface area contributed by atoms with Crippen LogP contribution in [0.3, 0.4) is 0 Å². The van der Waals surface area contributed by atoms with E-state index in [1.807, 2.05) is 41.3 Å². The number of nitrogens with one attached hydrogen (secondary N) is 1. The van der Waals surface area contributed by atoms with Crippen molar-refractivity contribution in [3.8, 4) is 5.75 Å². The number of hydrogen-bond acceptors (Lipinski definition) is 4. The zero-order valence-electron chi connectivity index (χ0n) is 18.4. The van der Waals surface area contributed by atoms with E-state index >= 15 is 0 Å². The van der Waals surface area contributed by atoms with Gasteiger partial charge in [-0.15, -0.1) is 11.8 Å². The molecule has 3 aromatic rings. The lowest BCUT2D eigenvalue weighted by Crippen LogP contribution is -2.27. The summed E-state index contributed by atoms with van der Waals surface area (Å²) in [5.74, 6) is 1.37. The molecule has 1 aliphatic heterocycles. The van der Waals surface area contributed by atoms with Crippen LogP contribution in [-0.2, 0) is 4.79 Å². The molecule has 1 saturated heterocycles. The van der Waals surface area contributed by atoms with E-state index < -0.39 is 0 Å². The Labute approximate surface area is 192 Å². The Hall–Kier alpha value is -3.25. The van der Waals surface area contributed by atoms with Crippen LogP contribution >= 0.6 is 11.8 Å². The Kier molecular flexibility index (Phi) is 6.51. The summed E-state index contributed by atoms with van der Waals surface area (Å²) in [7, 11) is 1.57. The number of carbonyl (C=O) groups is 2. The minimum Gasteiger partial charge on any atom is -0.497 e. The van der Waals surface area contributed by atoms with Gasteiger partial charge in [-0.1, -0.05) is 44.2 Å². The number of nitrogens with zero attached hydrogens (tertiary/aromatic N) is 1. The van der Waals surface area contributed by atoms with Crippen LogP contribution < -0.4 is 15.0 Å². The van der Waals surface area contributed by atoms with E-state index in [9.17, 15) is 9.59 Å². The van der Waals surface area contributed by atoms with Crippen molar-refractivity contribution >= 4 is 35.0 Å². The minimum atomic E-state index is -0.211. The molecular formula is C26H26N2O3S. The molecule has 6 heteroatoms. The average Bonchev–Trinajstić information content (AvgIpc) is 3.20. The van der Waals surface area contributed by atoms with Gasteiger partial charge in [-0.05, 0) is 59.5 Å². The highest BCUT2D eigenvalue weighted by Gasteiger charge is 2.34.